The van der Waals surface area contributed by atoms with E-state index in [1.807, 2.05) is 0 Å². The number of benzene rings is 1. The Morgan fingerprint density at radius 2 is 1.88 bits per heavy atom. The second-order valence-corrected chi connectivity index (χ2v) is 3.58. The molecule has 1 amide bonds. The molecule has 88 valence electrons. The number of nitrogens with one attached hydrogen (secondary N) is 1. The lowest BCUT2D eigenvalue weighted by Gasteiger charge is -2.13. The topological polar surface area (TPSA) is 29.1 Å². The van der Waals surface area contributed by atoms with Gasteiger partial charge < -0.3 is 5.32 Å². The van der Waals surface area contributed by atoms with E-state index in [1.165, 1.54) is 6.92 Å². The third-order valence-corrected chi connectivity index (χ3v) is 2.03. The lowest BCUT2D eigenvalue weighted by Crippen LogP contribution is -2.25. The summed E-state index contributed by atoms with van der Waals surface area (Å²) in [4.78, 5) is 11.4. The second kappa shape index (κ2) is 5.01. The van der Waals surface area contributed by atoms with Gasteiger partial charge in [0, 0.05) is 11.6 Å². The van der Waals surface area contributed by atoms with Gasteiger partial charge >= 0.3 is 6.18 Å². The number of amides is 1. The molecule has 0 aliphatic heterocycles. The van der Waals surface area contributed by atoms with E-state index in [0.717, 1.165) is 0 Å². The molecule has 0 saturated carbocycles. The van der Waals surface area contributed by atoms with Gasteiger partial charge in [0.15, 0.2) is 0 Å². The SMILES string of the molecule is CC(CC(F)(F)F)C(=O)Nc1ccccc1. The summed E-state index contributed by atoms with van der Waals surface area (Å²) in [6.07, 6.45) is -5.42. The van der Waals surface area contributed by atoms with E-state index in [2.05, 4.69) is 5.32 Å². The number of carbonyl (C=O) groups excluding carboxylic acids is 1. The molecular weight excluding hydrogens is 219 g/mol. The van der Waals surface area contributed by atoms with Crippen LogP contribution >= 0.6 is 0 Å². The Labute approximate surface area is 91.5 Å². The fraction of sp³-hybridized carbons (Fsp3) is 0.364. The predicted molar refractivity (Wildman–Crippen MR) is 54.9 cm³/mol. The molecule has 0 aromatic heterocycles. The standard InChI is InChI=1S/C11H12F3NO/c1-8(7-11(12,13)14)10(16)15-9-5-3-2-4-6-9/h2-6,8H,7H2,1H3,(H,15,16). The Balaban J connectivity index is 2.53. The number of carbonyl (C=O) groups is 1. The summed E-state index contributed by atoms with van der Waals surface area (Å²) in [5, 5.41) is 2.43. The van der Waals surface area contributed by atoms with Gasteiger partial charge in [0.1, 0.15) is 0 Å². The highest BCUT2D eigenvalue weighted by Gasteiger charge is 2.32. The second-order valence-electron chi connectivity index (χ2n) is 3.58. The van der Waals surface area contributed by atoms with Gasteiger partial charge in [-0.2, -0.15) is 13.2 Å². The van der Waals surface area contributed by atoms with Crippen molar-refractivity contribution in [1.29, 1.82) is 0 Å². The van der Waals surface area contributed by atoms with Crippen molar-refractivity contribution in [3.05, 3.63) is 30.3 Å². The maximum Gasteiger partial charge on any atom is 0.389 e. The Hall–Kier alpha value is -1.52. The first-order valence-electron chi connectivity index (χ1n) is 4.81. The average molecular weight is 231 g/mol. The normalized spacial score (nSPS) is 13.2. The van der Waals surface area contributed by atoms with Gasteiger partial charge in [0.2, 0.25) is 5.91 Å². The zero-order valence-electron chi connectivity index (χ0n) is 8.71. The number of anilines is 1. The molecule has 1 aromatic rings. The third-order valence-electron chi connectivity index (χ3n) is 2.03. The van der Waals surface area contributed by atoms with Crippen molar-refractivity contribution < 1.29 is 18.0 Å². The van der Waals surface area contributed by atoms with Gasteiger partial charge in [0.25, 0.3) is 0 Å². The Kier molecular flexibility index (Phi) is 3.93. The maximum absolute atomic E-state index is 12.0. The molecule has 2 nitrogen and oxygen atoms in total. The van der Waals surface area contributed by atoms with Crippen LogP contribution in [0.5, 0.6) is 0 Å². The summed E-state index contributed by atoms with van der Waals surface area (Å²) in [5.41, 5.74) is 0.501. The molecule has 1 N–H and O–H groups in total. The smallest absolute Gasteiger partial charge is 0.326 e. The lowest BCUT2D eigenvalue weighted by atomic mass is 10.1. The van der Waals surface area contributed by atoms with Crippen molar-refractivity contribution in [2.45, 2.75) is 19.5 Å². The summed E-state index contributed by atoms with van der Waals surface area (Å²) in [7, 11) is 0. The van der Waals surface area contributed by atoms with Gasteiger partial charge in [-0.15, -0.1) is 0 Å². The molecule has 0 saturated heterocycles. The van der Waals surface area contributed by atoms with Crippen LogP contribution in [0.1, 0.15) is 13.3 Å². The van der Waals surface area contributed by atoms with Gasteiger partial charge in [0.05, 0.1) is 6.42 Å². The maximum atomic E-state index is 12.0. The van der Waals surface area contributed by atoms with Crippen LogP contribution in [-0.4, -0.2) is 12.1 Å². The predicted octanol–water partition coefficient (Wildman–Crippen LogP) is 3.21. The highest BCUT2D eigenvalue weighted by atomic mass is 19.4. The van der Waals surface area contributed by atoms with Gasteiger partial charge in [-0.3, -0.25) is 4.79 Å². The van der Waals surface area contributed by atoms with Gasteiger partial charge in [-0.05, 0) is 12.1 Å². The van der Waals surface area contributed by atoms with Crippen LogP contribution in [-0.2, 0) is 4.79 Å². The summed E-state index contributed by atoms with van der Waals surface area (Å²) in [6, 6.07) is 8.40. The number of rotatable bonds is 3. The van der Waals surface area contributed by atoms with Crippen LogP contribution in [0.25, 0.3) is 0 Å². The highest BCUT2D eigenvalue weighted by molar-refractivity contribution is 5.92. The lowest BCUT2D eigenvalue weighted by molar-refractivity contribution is -0.150. The molecule has 0 radical (unpaired) electrons. The van der Waals surface area contributed by atoms with Crippen molar-refractivity contribution in [1.82, 2.24) is 0 Å². The van der Waals surface area contributed by atoms with Crippen LogP contribution in [0.3, 0.4) is 0 Å². The highest BCUT2D eigenvalue weighted by Crippen LogP contribution is 2.25. The minimum absolute atomic E-state index is 0.501. The summed E-state index contributed by atoms with van der Waals surface area (Å²) >= 11 is 0. The summed E-state index contributed by atoms with van der Waals surface area (Å²) in [6.45, 7) is 1.26. The number of para-hydroxylation sites is 1. The summed E-state index contributed by atoms with van der Waals surface area (Å²) in [5.74, 6) is -1.70. The van der Waals surface area contributed by atoms with Gasteiger partial charge in [-0.25, -0.2) is 0 Å². The van der Waals surface area contributed by atoms with Crippen molar-refractivity contribution in [2.24, 2.45) is 5.92 Å². The monoisotopic (exact) mass is 231 g/mol. The van der Waals surface area contributed by atoms with Crippen molar-refractivity contribution in [3.63, 3.8) is 0 Å². The van der Waals surface area contributed by atoms with E-state index < -0.39 is 24.4 Å². The largest absolute Gasteiger partial charge is 0.389 e. The van der Waals surface area contributed by atoms with E-state index in [9.17, 15) is 18.0 Å². The number of hydrogen-bond acceptors (Lipinski definition) is 1. The van der Waals surface area contributed by atoms with Crippen LogP contribution < -0.4 is 5.32 Å². The van der Waals surface area contributed by atoms with E-state index in [0.29, 0.717) is 5.69 Å². The third kappa shape index (κ3) is 4.33. The van der Waals surface area contributed by atoms with E-state index >= 15 is 0 Å². The first-order chi connectivity index (χ1) is 7.38. The minimum Gasteiger partial charge on any atom is -0.326 e. The van der Waals surface area contributed by atoms with Crippen molar-refractivity contribution >= 4 is 11.6 Å². The molecule has 1 rings (SSSR count). The first kappa shape index (κ1) is 12.5. The van der Waals surface area contributed by atoms with Crippen molar-refractivity contribution in [3.8, 4) is 0 Å². The van der Waals surface area contributed by atoms with E-state index in [1.54, 1.807) is 30.3 Å². The molecule has 1 unspecified atom stereocenters. The van der Waals surface area contributed by atoms with Crippen LogP contribution in [0.4, 0.5) is 18.9 Å². The average Bonchev–Trinajstić information content (AvgIpc) is 2.16. The van der Waals surface area contributed by atoms with Crippen LogP contribution in [0.15, 0.2) is 30.3 Å². The fourth-order valence-corrected chi connectivity index (χ4v) is 1.23. The molecule has 5 heteroatoms. The number of alkyl halides is 3. The molecule has 0 aliphatic rings. The zero-order valence-corrected chi connectivity index (χ0v) is 8.71. The molecule has 0 heterocycles. The quantitative estimate of drug-likeness (QED) is 0.850. The van der Waals surface area contributed by atoms with Crippen LogP contribution in [0, 0.1) is 5.92 Å². The number of hydrogen-bond donors (Lipinski definition) is 1. The Morgan fingerprint density at radius 1 is 1.31 bits per heavy atom. The van der Waals surface area contributed by atoms with Gasteiger partial charge in [-0.1, -0.05) is 25.1 Å². The zero-order chi connectivity index (χ0) is 12.2. The Morgan fingerprint density at radius 3 is 2.38 bits per heavy atom. The van der Waals surface area contributed by atoms with E-state index in [4.69, 9.17) is 0 Å². The molecular formula is C11H12F3NO. The number of halogens is 3. The molecule has 0 aliphatic carbocycles. The molecule has 0 fully saturated rings. The van der Waals surface area contributed by atoms with Crippen molar-refractivity contribution in [2.75, 3.05) is 5.32 Å². The fourth-order valence-electron chi connectivity index (χ4n) is 1.23. The molecule has 1 atom stereocenters. The Bertz CT molecular complexity index is 348. The molecule has 0 bridgehead atoms. The molecule has 16 heavy (non-hydrogen) atoms. The molecule has 1 aromatic carbocycles. The molecule has 0 spiro atoms. The minimum atomic E-state index is -4.31. The first-order valence-corrected chi connectivity index (χ1v) is 4.81. The summed E-state index contributed by atoms with van der Waals surface area (Å²) < 4.78 is 36.1. The van der Waals surface area contributed by atoms with Crippen LogP contribution in [0.2, 0.25) is 0 Å². The van der Waals surface area contributed by atoms with E-state index in [-0.39, 0.29) is 0 Å².